The van der Waals surface area contributed by atoms with Gasteiger partial charge in [0.2, 0.25) is 0 Å². The number of nitrogens with two attached hydrogens (primary N) is 1. The normalized spacial score (nSPS) is 12.3. The second-order valence-electron chi connectivity index (χ2n) is 4.88. The SMILES string of the molecule is COc1cc(C)cc(C)c1C(N)c1cccc(C)n1. The molecule has 3 nitrogen and oxygen atoms in total. The van der Waals surface area contributed by atoms with E-state index in [0.29, 0.717) is 0 Å². The van der Waals surface area contributed by atoms with Crippen molar-refractivity contribution in [3.8, 4) is 5.75 Å². The minimum Gasteiger partial charge on any atom is -0.496 e. The molecule has 3 heteroatoms. The molecule has 1 heterocycles. The fourth-order valence-corrected chi connectivity index (χ4v) is 2.39. The number of rotatable bonds is 3. The third-order valence-corrected chi connectivity index (χ3v) is 3.25. The summed E-state index contributed by atoms with van der Waals surface area (Å²) in [5.74, 6) is 0.827. The van der Waals surface area contributed by atoms with E-state index in [4.69, 9.17) is 10.5 Å². The highest BCUT2D eigenvalue weighted by atomic mass is 16.5. The van der Waals surface area contributed by atoms with Crippen LogP contribution in [0.1, 0.15) is 34.1 Å². The van der Waals surface area contributed by atoms with E-state index in [9.17, 15) is 0 Å². The number of pyridine rings is 1. The maximum atomic E-state index is 6.37. The number of methoxy groups -OCH3 is 1. The molecule has 0 radical (unpaired) electrons. The molecule has 0 fully saturated rings. The van der Waals surface area contributed by atoms with E-state index in [1.165, 1.54) is 5.56 Å². The highest BCUT2D eigenvalue weighted by Crippen LogP contribution is 2.31. The molecule has 0 amide bonds. The first kappa shape index (κ1) is 13.6. The van der Waals surface area contributed by atoms with Crippen molar-refractivity contribution in [2.75, 3.05) is 7.11 Å². The van der Waals surface area contributed by atoms with E-state index >= 15 is 0 Å². The zero-order valence-electron chi connectivity index (χ0n) is 11.9. The van der Waals surface area contributed by atoms with Gasteiger partial charge >= 0.3 is 0 Å². The van der Waals surface area contributed by atoms with Crippen LogP contribution in [0.4, 0.5) is 0 Å². The molecule has 0 bridgehead atoms. The number of ether oxygens (including phenoxy) is 1. The molecule has 1 atom stereocenters. The van der Waals surface area contributed by atoms with Gasteiger partial charge in [0.1, 0.15) is 5.75 Å². The van der Waals surface area contributed by atoms with Crippen LogP contribution in [0.15, 0.2) is 30.3 Å². The summed E-state index contributed by atoms with van der Waals surface area (Å²) >= 11 is 0. The standard InChI is InChI=1S/C16H20N2O/c1-10-8-11(2)15(14(9-10)19-4)16(17)13-7-5-6-12(3)18-13/h5-9,16H,17H2,1-4H3. The van der Waals surface area contributed by atoms with Crippen LogP contribution in [-0.2, 0) is 0 Å². The molecule has 100 valence electrons. The molecule has 2 rings (SSSR count). The van der Waals surface area contributed by atoms with Crippen molar-refractivity contribution in [1.82, 2.24) is 4.98 Å². The van der Waals surface area contributed by atoms with Crippen molar-refractivity contribution in [2.24, 2.45) is 5.73 Å². The van der Waals surface area contributed by atoms with Gasteiger partial charge in [-0.2, -0.15) is 0 Å². The second-order valence-corrected chi connectivity index (χ2v) is 4.88. The van der Waals surface area contributed by atoms with Crippen LogP contribution in [0.2, 0.25) is 0 Å². The van der Waals surface area contributed by atoms with Gasteiger partial charge in [-0.25, -0.2) is 0 Å². The molecule has 0 aliphatic carbocycles. The molecular weight excluding hydrogens is 236 g/mol. The van der Waals surface area contributed by atoms with E-state index in [-0.39, 0.29) is 6.04 Å². The molecule has 0 spiro atoms. The molecule has 1 unspecified atom stereocenters. The Kier molecular flexibility index (Phi) is 3.86. The lowest BCUT2D eigenvalue weighted by Crippen LogP contribution is -2.16. The van der Waals surface area contributed by atoms with Crippen LogP contribution in [0.25, 0.3) is 0 Å². The summed E-state index contributed by atoms with van der Waals surface area (Å²) in [6.07, 6.45) is 0. The van der Waals surface area contributed by atoms with Crippen LogP contribution < -0.4 is 10.5 Å². The van der Waals surface area contributed by atoms with E-state index < -0.39 is 0 Å². The Morgan fingerprint density at radius 2 is 1.89 bits per heavy atom. The van der Waals surface area contributed by atoms with Gasteiger partial charge in [0, 0.05) is 11.3 Å². The average molecular weight is 256 g/mol. The van der Waals surface area contributed by atoms with E-state index in [1.54, 1.807) is 7.11 Å². The molecule has 19 heavy (non-hydrogen) atoms. The first-order valence-corrected chi connectivity index (χ1v) is 6.37. The Bertz CT molecular complexity index is 593. The molecule has 1 aromatic carbocycles. The monoisotopic (exact) mass is 256 g/mol. The van der Waals surface area contributed by atoms with Crippen LogP contribution in [0, 0.1) is 20.8 Å². The zero-order valence-corrected chi connectivity index (χ0v) is 11.9. The Hall–Kier alpha value is -1.87. The maximum absolute atomic E-state index is 6.37. The summed E-state index contributed by atoms with van der Waals surface area (Å²) in [6.45, 7) is 6.08. The maximum Gasteiger partial charge on any atom is 0.124 e. The van der Waals surface area contributed by atoms with E-state index in [1.807, 2.05) is 31.2 Å². The minimum atomic E-state index is -0.268. The lowest BCUT2D eigenvalue weighted by atomic mass is 9.96. The van der Waals surface area contributed by atoms with Gasteiger partial charge in [-0.05, 0) is 50.1 Å². The lowest BCUT2D eigenvalue weighted by molar-refractivity contribution is 0.406. The van der Waals surface area contributed by atoms with Gasteiger partial charge in [-0.1, -0.05) is 12.1 Å². The number of aryl methyl sites for hydroxylation is 3. The third-order valence-electron chi connectivity index (χ3n) is 3.25. The first-order valence-electron chi connectivity index (χ1n) is 6.37. The fraction of sp³-hybridized carbons (Fsp3) is 0.312. The number of aromatic nitrogens is 1. The zero-order chi connectivity index (χ0) is 14.0. The molecule has 0 aliphatic heterocycles. The Morgan fingerprint density at radius 1 is 1.16 bits per heavy atom. The van der Waals surface area contributed by atoms with Crippen LogP contribution in [-0.4, -0.2) is 12.1 Å². The highest BCUT2D eigenvalue weighted by molar-refractivity contribution is 5.47. The molecule has 1 aromatic heterocycles. The smallest absolute Gasteiger partial charge is 0.124 e. The largest absolute Gasteiger partial charge is 0.496 e. The van der Waals surface area contributed by atoms with Gasteiger partial charge in [0.05, 0.1) is 18.8 Å². The second kappa shape index (κ2) is 5.41. The number of hydrogen-bond acceptors (Lipinski definition) is 3. The van der Waals surface area contributed by atoms with Crippen LogP contribution >= 0.6 is 0 Å². The Balaban J connectivity index is 2.52. The summed E-state index contributed by atoms with van der Waals surface area (Å²) in [5, 5.41) is 0. The van der Waals surface area contributed by atoms with E-state index in [2.05, 4.69) is 24.9 Å². The molecule has 0 aliphatic rings. The molecular formula is C16H20N2O. The van der Waals surface area contributed by atoms with Gasteiger partial charge in [0.15, 0.2) is 0 Å². The average Bonchev–Trinajstić information content (AvgIpc) is 2.37. The molecule has 2 aromatic rings. The van der Waals surface area contributed by atoms with Crippen molar-refractivity contribution in [3.05, 3.63) is 58.4 Å². The molecule has 0 saturated carbocycles. The summed E-state index contributed by atoms with van der Waals surface area (Å²) in [7, 11) is 1.67. The summed E-state index contributed by atoms with van der Waals surface area (Å²) in [6, 6.07) is 9.76. The molecule has 2 N–H and O–H groups in total. The number of nitrogens with zero attached hydrogens (tertiary/aromatic N) is 1. The summed E-state index contributed by atoms with van der Waals surface area (Å²) < 4.78 is 5.47. The predicted octanol–water partition coefficient (Wildman–Crippen LogP) is 3.06. The van der Waals surface area contributed by atoms with Crippen LogP contribution in [0.5, 0.6) is 5.75 Å². The van der Waals surface area contributed by atoms with Crippen molar-refractivity contribution in [1.29, 1.82) is 0 Å². The van der Waals surface area contributed by atoms with Crippen molar-refractivity contribution in [2.45, 2.75) is 26.8 Å². The third kappa shape index (κ3) is 2.76. The number of benzene rings is 1. The molecule has 0 saturated heterocycles. The van der Waals surface area contributed by atoms with Gasteiger partial charge in [-0.3, -0.25) is 4.98 Å². The van der Waals surface area contributed by atoms with Crippen molar-refractivity contribution < 1.29 is 4.74 Å². The van der Waals surface area contributed by atoms with Gasteiger partial charge < -0.3 is 10.5 Å². The van der Waals surface area contributed by atoms with E-state index in [0.717, 1.165) is 28.3 Å². The quantitative estimate of drug-likeness (QED) is 0.918. The highest BCUT2D eigenvalue weighted by Gasteiger charge is 2.18. The minimum absolute atomic E-state index is 0.268. The topological polar surface area (TPSA) is 48.1 Å². The number of hydrogen-bond donors (Lipinski definition) is 1. The van der Waals surface area contributed by atoms with Crippen LogP contribution in [0.3, 0.4) is 0 Å². The summed E-state index contributed by atoms with van der Waals surface area (Å²) in [5.41, 5.74) is 11.5. The van der Waals surface area contributed by atoms with Crippen molar-refractivity contribution >= 4 is 0 Å². The predicted molar refractivity (Wildman–Crippen MR) is 77.5 cm³/mol. The van der Waals surface area contributed by atoms with Crippen molar-refractivity contribution in [3.63, 3.8) is 0 Å². The first-order chi connectivity index (χ1) is 9.02. The van der Waals surface area contributed by atoms with Gasteiger partial charge in [0.25, 0.3) is 0 Å². The Morgan fingerprint density at radius 3 is 2.53 bits per heavy atom. The Labute approximate surface area is 114 Å². The summed E-state index contributed by atoms with van der Waals surface area (Å²) in [4.78, 5) is 4.51. The fourth-order valence-electron chi connectivity index (χ4n) is 2.39. The lowest BCUT2D eigenvalue weighted by Gasteiger charge is -2.19. The van der Waals surface area contributed by atoms with Gasteiger partial charge in [-0.15, -0.1) is 0 Å².